The number of amides is 3. The number of benzene rings is 1. The Morgan fingerprint density at radius 3 is 2.60 bits per heavy atom. The molecule has 1 N–H and O–H groups in total. The average molecular weight is 362 g/mol. The smallest absolute Gasteiger partial charge is 0.338 e. The first kappa shape index (κ1) is 18.7. The Balaban J connectivity index is 1.92. The van der Waals surface area contributed by atoms with Crippen LogP contribution in [-0.2, 0) is 14.3 Å². The van der Waals surface area contributed by atoms with Gasteiger partial charge >= 0.3 is 5.97 Å². The van der Waals surface area contributed by atoms with Crippen LogP contribution in [0.2, 0.25) is 0 Å². The van der Waals surface area contributed by atoms with Crippen molar-refractivity contribution in [3.8, 4) is 0 Å². The highest BCUT2D eigenvalue weighted by atomic mass is 32.2. The van der Waals surface area contributed by atoms with Crippen LogP contribution in [0, 0.1) is 0 Å². The van der Waals surface area contributed by atoms with Crippen LogP contribution in [0.4, 0.5) is 10.5 Å². The van der Waals surface area contributed by atoms with Gasteiger partial charge in [-0.15, -0.1) is 6.58 Å². The number of nitrogens with one attached hydrogen (secondary N) is 1. The Kier molecular flexibility index (Phi) is 6.35. The zero-order valence-electron chi connectivity index (χ0n) is 13.7. The van der Waals surface area contributed by atoms with Crippen LogP contribution >= 0.6 is 11.8 Å². The standard InChI is InChI=1S/C17H18N2O5S/c1-3-9-19-15(21)13(25-17(19)23)10-14(20)18-12-7-5-11(6-8-12)16(22)24-4-2/h3,5-8,13H,1,4,9-10H2,2H3,(H,18,20)/t13-/m1/s1. The topological polar surface area (TPSA) is 92.8 Å². The number of ether oxygens (including phenoxy) is 1. The molecule has 3 amide bonds. The Hall–Kier alpha value is -2.61. The number of carbonyl (C=O) groups excluding carboxylic acids is 4. The van der Waals surface area contributed by atoms with E-state index >= 15 is 0 Å². The lowest BCUT2D eigenvalue weighted by Crippen LogP contribution is -2.33. The molecule has 0 radical (unpaired) electrons. The van der Waals surface area contributed by atoms with E-state index in [9.17, 15) is 19.2 Å². The predicted molar refractivity (Wildman–Crippen MR) is 94.3 cm³/mol. The molecule has 1 heterocycles. The van der Waals surface area contributed by atoms with Gasteiger partial charge < -0.3 is 10.1 Å². The van der Waals surface area contributed by atoms with Gasteiger partial charge in [0.1, 0.15) is 5.25 Å². The molecule has 0 aromatic heterocycles. The summed E-state index contributed by atoms with van der Waals surface area (Å²) in [5, 5.41) is 1.54. The third kappa shape index (κ3) is 4.69. The second-order valence-electron chi connectivity index (χ2n) is 5.16. The van der Waals surface area contributed by atoms with Crippen LogP contribution in [0.1, 0.15) is 23.7 Å². The number of thioether (sulfide) groups is 1. The second-order valence-corrected chi connectivity index (χ2v) is 6.31. The monoisotopic (exact) mass is 362 g/mol. The molecule has 1 aliphatic heterocycles. The Morgan fingerprint density at radius 1 is 1.32 bits per heavy atom. The summed E-state index contributed by atoms with van der Waals surface area (Å²) in [6.45, 7) is 5.64. The summed E-state index contributed by atoms with van der Waals surface area (Å²) in [6.07, 6.45) is 1.35. The number of hydrogen-bond acceptors (Lipinski definition) is 6. The van der Waals surface area contributed by atoms with Crippen molar-refractivity contribution in [2.45, 2.75) is 18.6 Å². The number of carbonyl (C=O) groups is 4. The number of hydrogen-bond donors (Lipinski definition) is 1. The molecule has 1 atom stereocenters. The van der Waals surface area contributed by atoms with Crippen LogP contribution in [0.15, 0.2) is 36.9 Å². The molecule has 0 aliphatic carbocycles. The third-order valence-corrected chi connectivity index (χ3v) is 4.44. The van der Waals surface area contributed by atoms with E-state index in [0.29, 0.717) is 11.3 Å². The maximum absolute atomic E-state index is 12.1. The summed E-state index contributed by atoms with van der Waals surface area (Å²) < 4.78 is 4.88. The van der Waals surface area contributed by atoms with Gasteiger partial charge in [-0.25, -0.2) is 4.79 Å². The lowest BCUT2D eigenvalue weighted by Gasteiger charge is -2.11. The molecule has 8 heteroatoms. The fourth-order valence-corrected chi connectivity index (χ4v) is 3.20. The van der Waals surface area contributed by atoms with Crippen LogP contribution < -0.4 is 5.32 Å². The van der Waals surface area contributed by atoms with Crippen molar-refractivity contribution in [1.29, 1.82) is 0 Å². The van der Waals surface area contributed by atoms with E-state index < -0.39 is 11.2 Å². The van der Waals surface area contributed by atoms with E-state index in [1.165, 1.54) is 6.08 Å². The van der Waals surface area contributed by atoms with E-state index in [0.717, 1.165) is 16.7 Å². The maximum atomic E-state index is 12.1. The zero-order valence-corrected chi connectivity index (χ0v) is 14.5. The van der Waals surface area contributed by atoms with Crippen molar-refractivity contribution in [3.63, 3.8) is 0 Å². The molecule has 2 rings (SSSR count). The Labute approximate surface area is 149 Å². The molecular formula is C17H18N2O5S. The normalized spacial score (nSPS) is 16.7. The van der Waals surface area contributed by atoms with E-state index in [2.05, 4.69) is 11.9 Å². The van der Waals surface area contributed by atoms with Crippen LogP contribution in [0.5, 0.6) is 0 Å². The first-order valence-electron chi connectivity index (χ1n) is 7.66. The van der Waals surface area contributed by atoms with Gasteiger partial charge in [0.05, 0.1) is 12.2 Å². The summed E-state index contributed by atoms with van der Waals surface area (Å²) in [6, 6.07) is 6.22. The van der Waals surface area contributed by atoms with E-state index in [1.807, 2.05) is 0 Å². The van der Waals surface area contributed by atoms with Crippen molar-refractivity contribution in [3.05, 3.63) is 42.5 Å². The third-order valence-electron chi connectivity index (χ3n) is 3.37. The number of anilines is 1. The summed E-state index contributed by atoms with van der Waals surface area (Å²) in [5.41, 5.74) is 0.870. The molecule has 0 bridgehead atoms. The van der Waals surface area contributed by atoms with Gasteiger partial charge in [0.2, 0.25) is 11.8 Å². The van der Waals surface area contributed by atoms with E-state index in [1.54, 1.807) is 31.2 Å². The van der Waals surface area contributed by atoms with Crippen LogP contribution in [0.3, 0.4) is 0 Å². The van der Waals surface area contributed by atoms with Gasteiger partial charge in [0.15, 0.2) is 0 Å². The largest absolute Gasteiger partial charge is 0.462 e. The summed E-state index contributed by atoms with van der Waals surface area (Å²) in [7, 11) is 0. The fraction of sp³-hybridized carbons (Fsp3) is 0.294. The molecule has 1 aromatic carbocycles. The van der Waals surface area contributed by atoms with Crippen molar-refractivity contribution in [2.75, 3.05) is 18.5 Å². The minimum atomic E-state index is -0.730. The van der Waals surface area contributed by atoms with Gasteiger partial charge in [-0.3, -0.25) is 19.3 Å². The summed E-state index contributed by atoms with van der Waals surface area (Å²) >= 11 is 0.840. The van der Waals surface area contributed by atoms with Crippen molar-refractivity contribution in [2.24, 2.45) is 0 Å². The lowest BCUT2D eigenvalue weighted by molar-refractivity contribution is -0.128. The average Bonchev–Trinajstić information content (AvgIpc) is 2.83. The molecule has 0 saturated carbocycles. The molecule has 132 valence electrons. The highest BCUT2D eigenvalue weighted by Crippen LogP contribution is 2.29. The summed E-state index contributed by atoms with van der Waals surface area (Å²) in [4.78, 5) is 48.5. The molecule has 0 spiro atoms. The molecule has 1 aliphatic rings. The molecule has 7 nitrogen and oxygen atoms in total. The number of rotatable bonds is 7. The van der Waals surface area contributed by atoms with Crippen molar-refractivity contribution >= 4 is 40.5 Å². The SMILES string of the molecule is C=CCN1C(=O)S[C@H](CC(=O)Nc2ccc(C(=O)OCC)cc2)C1=O. The van der Waals surface area contributed by atoms with Crippen LogP contribution in [-0.4, -0.2) is 46.3 Å². The highest BCUT2D eigenvalue weighted by Gasteiger charge is 2.39. The summed E-state index contributed by atoms with van der Waals surface area (Å²) in [5.74, 6) is -1.21. The minimum Gasteiger partial charge on any atom is -0.462 e. The van der Waals surface area contributed by atoms with Gasteiger partial charge in [-0.05, 0) is 31.2 Å². The number of esters is 1. The molecule has 0 unspecified atom stereocenters. The number of imide groups is 1. The zero-order chi connectivity index (χ0) is 18.4. The predicted octanol–water partition coefficient (Wildman–Crippen LogP) is 2.44. The van der Waals surface area contributed by atoms with Crippen molar-refractivity contribution in [1.82, 2.24) is 4.90 Å². The first-order valence-corrected chi connectivity index (χ1v) is 8.54. The van der Waals surface area contributed by atoms with Gasteiger partial charge in [0, 0.05) is 18.7 Å². The highest BCUT2D eigenvalue weighted by molar-refractivity contribution is 8.15. The molecular weight excluding hydrogens is 344 g/mol. The maximum Gasteiger partial charge on any atom is 0.338 e. The molecule has 1 saturated heterocycles. The van der Waals surface area contributed by atoms with E-state index in [-0.39, 0.29) is 36.6 Å². The Bertz CT molecular complexity index is 701. The molecule has 1 fully saturated rings. The minimum absolute atomic E-state index is 0.109. The molecule has 25 heavy (non-hydrogen) atoms. The van der Waals surface area contributed by atoms with Gasteiger partial charge in [-0.2, -0.15) is 0 Å². The van der Waals surface area contributed by atoms with E-state index in [4.69, 9.17) is 4.74 Å². The first-order chi connectivity index (χ1) is 12.0. The fourth-order valence-electron chi connectivity index (χ4n) is 2.21. The Morgan fingerprint density at radius 2 is 2.00 bits per heavy atom. The lowest BCUT2D eigenvalue weighted by atomic mass is 10.2. The van der Waals surface area contributed by atoms with Crippen molar-refractivity contribution < 1.29 is 23.9 Å². The van der Waals surface area contributed by atoms with Crippen LogP contribution in [0.25, 0.3) is 0 Å². The van der Waals surface area contributed by atoms with Gasteiger partial charge in [0.25, 0.3) is 5.24 Å². The quantitative estimate of drug-likeness (QED) is 0.592. The number of nitrogens with zero attached hydrogens (tertiary/aromatic N) is 1. The van der Waals surface area contributed by atoms with Gasteiger partial charge in [-0.1, -0.05) is 17.8 Å². The molecule has 1 aromatic rings. The second kappa shape index (κ2) is 8.48.